The van der Waals surface area contributed by atoms with E-state index in [1.54, 1.807) is 6.07 Å². The molecular formula is C13H18FNO2. The maximum Gasteiger partial charge on any atom is 0.130 e. The Bertz CT molecular complexity index is 397. The van der Waals surface area contributed by atoms with Crippen LogP contribution in [0.15, 0.2) is 18.2 Å². The number of halogens is 1. The molecule has 17 heavy (non-hydrogen) atoms. The largest absolute Gasteiger partial charge is 0.391 e. The Hall–Kier alpha value is -1.13. The van der Waals surface area contributed by atoms with Crippen molar-refractivity contribution in [2.75, 3.05) is 18.6 Å². The Morgan fingerprint density at radius 2 is 2.29 bits per heavy atom. The van der Waals surface area contributed by atoms with Gasteiger partial charge in [0.05, 0.1) is 18.8 Å². The molecule has 0 bridgehead atoms. The van der Waals surface area contributed by atoms with E-state index in [-0.39, 0.29) is 24.6 Å². The van der Waals surface area contributed by atoms with Gasteiger partial charge in [-0.2, -0.15) is 0 Å². The van der Waals surface area contributed by atoms with Crippen molar-refractivity contribution in [1.29, 1.82) is 0 Å². The number of nitrogens with zero attached hydrogens (tertiary/aromatic N) is 1. The van der Waals surface area contributed by atoms with E-state index < -0.39 is 0 Å². The molecule has 0 spiro atoms. The smallest absolute Gasteiger partial charge is 0.130 e. The lowest BCUT2D eigenvalue weighted by atomic mass is 10.1. The van der Waals surface area contributed by atoms with Crippen LogP contribution in [0.25, 0.3) is 0 Å². The van der Waals surface area contributed by atoms with E-state index in [0.29, 0.717) is 5.56 Å². The van der Waals surface area contributed by atoms with E-state index >= 15 is 0 Å². The van der Waals surface area contributed by atoms with E-state index in [0.717, 1.165) is 18.7 Å². The van der Waals surface area contributed by atoms with Crippen LogP contribution in [0.2, 0.25) is 0 Å². The van der Waals surface area contributed by atoms with Gasteiger partial charge in [-0.3, -0.25) is 0 Å². The topological polar surface area (TPSA) is 32.7 Å². The van der Waals surface area contributed by atoms with Gasteiger partial charge in [-0.15, -0.1) is 0 Å². The van der Waals surface area contributed by atoms with Crippen LogP contribution < -0.4 is 4.90 Å². The highest BCUT2D eigenvalue weighted by molar-refractivity contribution is 5.54. The fourth-order valence-corrected chi connectivity index (χ4v) is 2.44. The summed E-state index contributed by atoms with van der Waals surface area (Å²) < 4.78 is 19.1. The molecule has 1 aromatic rings. The second-order valence-electron chi connectivity index (χ2n) is 4.44. The molecule has 4 heteroatoms. The molecule has 1 N–H and O–H groups in total. The average molecular weight is 239 g/mol. The van der Waals surface area contributed by atoms with E-state index in [9.17, 15) is 9.50 Å². The molecule has 2 rings (SSSR count). The summed E-state index contributed by atoms with van der Waals surface area (Å²) in [5.74, 6) is -0.358. The average Bonchev–Trinajstić information content (AvgIpc) is 2.74. The molecule has 0 aliphatic carbocycles. The minimum Gasteiger partial charge on any atom is -0.391 e. The van der Waals surface area contributed by atoms with Gasteiger partial charge in [-0.05, 0) is 25.5 Å². The van der Waals surface area contributed by atoms with Crippen LogP contribution in [0.3, 0.4) is 0 Å². The Morgan fingerprint density at radius 3 is 2.88 bits per heavy atom. The van der Waals surface area contributed by atoms with Crippen molar-refractivity contribution >= 4 is 5.69 Å². The third-order valence-corrected chi connectivity index (χ3v) is 3.47. The van der Waals surface area contributed by atoms with Gasteiger partial charge in [-0.1, -0.05) is 6.07 Å². The van der Waals surface area contributed by atoms with Crippen LogP contribution in [0, 0.1) is 5.82 Å². The first-order chi connectivity index (χ1) is 8.15. The Balaban J connectivity index is 2.30. The van der Waals surface area contributed by atoms with Gasteiger partial charge in [-0.25, -0.2) is 4.39 Å². The quantitative estimate of drug-likeness (QED) is 0.875. The molecule has 2 atom stereocenters. The van der Waals surface area contributed by atoms with Gasteiger partial charge in [0.25, 0.3) is 0 Å². The van der Waals surface area contributed by atoms with Crippen molar-refractivity contribution in [3.05, 3.63) is 29.6 Å². The molecule has 1 heterocycles. The monoisotopic (exact) mass is 239 g/mol. The summed E-state index contributed by atoms with van der Waals surface area (Å²) >= 11 is 0. The zero-order chi connectivity index (χ0) is 12.4. The predicted octanol–water partition coefficient (Wildman–Crippen LogP) is 1.93. The summed E-state index contributed by atoms with van der Waals surface area (Å²) in [7, 11) is 1.92. The first kappa shape index (κ1) is 12.3. The Labute approximate surface area is 101 Å². The number of ether oxygens (including phenoxy) is 1. The molecule has 1 aliphatic rings. The predicted molar refractivity (Wildman–Crippen MR) is 64.5 cm³/mol. The lowest BCUT2D eigenvalue weighted by molar-refractivity contribution is 0.118. The van der Waals surface area contributed by atoms with Crippen LogP contribution in [0.4, 0.5) is 10.1 Å². The van der Waals surface area contributed by atoms with Crippen molar-refractivity contribution in [3.63, 3.8) is 0 Å². The van der Waals surface area contributed by atoms with Crippen molar-refractivity contribution in [2.45, 2.75) is 32.1 Å². The molecule has 1 fully saturated rings. The fraction of sp³-hybridized carbons (Fsp3) is 0.538. The summed E-state index contributed by atoms with van der Waals surface area (Å²) in [5, 5.41) is 9.26. The first-order valence-corrected chi connectivity index (χ1v) is 5.88. The molecule has 0 radical (unpaired) electrons. The summed E-state index contributed by atoms with van der Waals surface area (Å²) in [6.45, 7) is 2.47. The van der Waals surface area contributed by atoms with E-state index in [1.807, 2.05) is 24.9 Å². The maximum atomic E-state index is 13.6. The molecule has 0 aromatic heterocycles. The third kappa shape index (κ3) is 2.28. The zero-order valence-electron chi connectivity index (χ0n) is 10.2. The normalized spacial score (nSPS) is 24.0. The molecule has 0 saturated carbocycles. The minimum atomic E-state index is -0.358. The highest BCUT2D eigenvalue weighted by Crippen LogP contribution is 2.28. The lowest BCUT2D eigenvalue weighted by Crippen LogP contribution is -2.37. The lowest BCUT2D eigenvalue weighted by Gasteiger charge is -2.30. The molecule has 1 aromatic carbocycles. The van der Waals surface area contributed by atoms with Crippen LogP contribution in [0.5, 0.6) is 0 Å². The maximum absolute atomic E-state index is 13.6. The number of aliphatic hydroxyl groups is 1. The molecule has 0 amide bonds. The standard InChI is InChI=1S/C13H18FNO2/c1-9-12(6-7-17-9)15(2)13-5-3-4-11(14)10(13)8-16/h3-5,9,12,16H,6-8H2,1-2H3. The second kappa shape index (κ2) is 5.02. The van der Waals surface area contributed by atoms with Crippen molar-refractivity contribution in [3.8, 4) is 0 Å². The first-order valence-electron chi connectivity index (χ1n) is 5.88. The summed E-state index contributed by atoms with van der Waals surface area (Å²) in [4.78, 5) is 2.01. The number of aliphatic hydroxyl groups excluding tert-OH is 1. The third-order valence-electron chi connectivity index (χ3n) is 3.47. The summed E-state index contributed by atoms with van der Waals surface area (Å²) in [5.41, 5.74) is 1.10. The fourth-order valence-electron chi connectivity index (χ4n) is 2.44. The van der Waals surface area contributed by atoms with Crippen LogP contribution >= 0.6 is 0 Å². The number of likely N-dealkylation sites (N-methyl/N-ethyl adjacent to an activating group) is 1. The number of hydrogen-bond acceptors (Lipinski definition) is 3. The number of rotatable bonds is 3. The molecule has 94 valence electrons. The highest BCUT2D eigenvalue weighted by atomic mass is 19.1. The van der Waals surface area contributed by atoms with Crippen molar-refractivity contribution in [2.24, 2.45) is 0 Å². The van der Waals surface area contributed by atoms with Crippen molar-refractivity contribution in [1.82, 2.24) is 0 Å². The van der Waals surface area contributed by atoms with E-state index in [4.69, 9.17) is 4.74 Å². The second-order valence-corrected chi connectivity index (χ2v) is 4.44. The number of benzene rings is 1. The number of anilines is 1. The van der Waals surface area contributed by atoms with Crippen molar-refractivity contribution < 1.29 is 14.2 Å². The van der Waals surface area contributed by atoms with Gasteiger partial charge < -0.3 is 14.7 Å². The Morgan fingerprint density at radius 1 is 1.53 bits per heavy atom. The highest BCUT2D eigenvalue weighted by Gasteiger charge is 2.29. The van der Waals surface area contributed by atoms with Crippen LogP contribution in [-0.2, 0) is 11.3 Å². The van der Waals surface area contributed by atoms with Gasteiger partial charge in [0, 0.05) is 24.9 Å². The van der Waals surface area contributed by atoms with Gasteiger partial charge in [0.2, 0.25) is 0 Å². The molecular weight excluding hydrogens is 221 g/mol. The molecule has 2 unspecified atom stereocenters. The minimum absolute atomic E-state index is 0.134. The van der Waals surface area contributed by atoms with Gasteiger partial charge >= 0.3 is 0 Å². The van der Waals surface area contributed by atoms with Crippen LogP contribution in [-0.4, -0.2) is 30.9 Å². The molecule has 1 saturated heterocycles. The molecule has 3 nitrogen and oxygen atoms in total. The van der Waals surface area contributed by atoms with Crippen LogP contribution in [0.1, 0.15) is 18.9 Å². The summed E-state index contributed by atoms with van der Waals surface area (Å²) in [6, 6.07) is 5.11. The van der Waals surface area contributed by atoms with Gasteiger partial charge in [0.1, 0.15) is 5.82 Å². The Kier molecular flexibility index (Phi) is 3.64. The SMILES string of the molecule is CC1OCCC1N(C)c1cccc(F)c1CO. The van der Waals surface area contributed by atoms with E-state index in [2.05, 4.69) is 0 Å². The summed E-state index contributed by atoms with van der Waals surface area (Å²) in [6.07, 6.45) is 1.06. The van der Waals surface area contributed by atoms with Gasteiger partial charge in [0.15, 0.2) is 0 Å². The number of hydrogen-bond donors (Lipinski definition) is 1. The van der Waals surface area contributed by atoms with E-state index in [1.165, 1.54) is 6.07 Å². The molecule has 1 aliphatic heterocycles. The zero-order valence-corrected chi connectivity index (χ0v) is 10.2.